The molecule has 2 saturated heterocycles. The SMILES string of the molecule is O=C(NC(Cc1cccs1)C(=O)N1CCC2C1C(=O)CN2S(=O)(=O)C(=O)c1cccnc1)Oc1cc2sccc2s1. The summed E-state index contributed by atoms with van der Waals surface area (Å²) < 4.78 is 34.8. The number of hydrogen-bond donors (Lipinski definition) is 1. The predicted octanol–water partition coefficient (Wildman–Crippen LogP) is 3.14. The lowest BCUT2D eigenvalue weighted by atomic mass is 10.1. The second kappa shape index (κ2) is 11.1. The van der Waals surface area contributed by atoms with Crippen molar-refractivity contribution in [2.45, 2.75) is 31.0 Å². The second-order valence-corrected chi connectivity index (χ2v) is 14.3. The van der Waals surface area contributed by atoms with Gasteiger partial charge in [-0.3, -0.25) is 19.4 Å². The zero-order valence-corrected chi connectivity index (χ0v) is 24.4. The molecule has 4 aromatic rings. The highest BCUT2D eigenvalue weighted by molar-refractivity contribution is 8.04. The molecule has 2 aliphatic rings. The maximum atomic E-state index is 13.8. The van der Waals surface area contributed by atoms with Crippen molar-refractivity contribution in [3.63, 3.8) is 0 Å². The van der Waals surface area contributed by atoms with E-state index in [9.17, 15) is 27.6 Å². The van der Waals surface area contributed by atoms with Crippen LogP contribution in [0.3, 0.4) is 0 Å². The smallest absolute Gasteiger partial charge is 0.399 e. The molecule has 212 valence electrons. The molecule has 0 saturated carbocycles. The highest BCUT2D eigenvalue weighted by atomic mass is 32.2. The van der Waals surface area contributed by atoms with Crippen molar-refractivity contribution in [1.82, 2.24) is 19.5 Å². The Hall–Kier alpha value is -3.50. The first-order valence-electron chi connectivity index (χ1n) is 12.5. The highest BCUT2D eigenvalue weighted by Crippen LogP contribution is 2.36. The van der Waals surface area contributed by atoms with E-state index in [1.54, 1.807) is 6.07 Å². The van der Waals surface area contributed by atoms with Crippen LogP contribution in [0, 0.1) is 0 Å². The molecular weight excluding hydrogens is 609 g/mol. The summed E-state index contributed by atoms with van der Waals surface area (Å²) in [7, 11) is -4.54. The number of carbonyl (C=O) groups excluding carboxylic acids is 4. The minimum absolute atomic E-state index is 0.0892. The molecule has 0 aliphatic carbocycles. The standard InChI is InChI=1S/C26H22N4O7S4/c31-19-14-30(41(35,36)25(33)15-3-1-7-27-13-15)18-5-8-29(23(18)19)24(32)17(11-16-4-2-9-38-16)28-26(34)37-22-12-21-20(40-22)6-10-39-21/h1-4,6-7,9-10,12-13,17-18,23H,5,8,11,14H2,(H,28,34). The fourth-order valence-corrected chi connectivity index (χ4v) is 9.37. The first-order chi connectivity index (χ1) is 19.7. The Bertz CT molecular complexity index is 1700. The van der Waals surface area contributed by atoms with Gasteiger partial charge in [-0.15, -0.1) is 22.7 Å². The molecule has 2 aliphatic heterocycles. The molecule has 0 radical (unpaired) electrons. The number of nitrogens with one attached hydrogen (secondary N) is 1. The van der Waals surface area contributed by atoms with Crippen LogP contribution in [0.25, 0.3) is 9.40 Å². The molecule has 2 amide bonds. The zero-order valence-electron chi connectivity index (χ0n) is 21.2. The maximum Gasteiger partial charge on any atom is 0.414 e. The first-order valence-corrected chi connectivity index (χ1v) is 16.5. The molecule has 6 rings (SSSR count). The van der Waals surface area contributed by atoms with E-state index in [0.717, 1.165) is 24.8 Å². The van der Waals surface area contributed by atoms with E-state index < -0.39 is 57.6 Å². The number of sulfonamides is 1. The monoisotopic (exact) mass is 630 g/mol. The summed E-state index contributed by atoms with van der Waals surface area (Å²) in [6.07, 6.45) is 2.09. The number of fused-ring (bicyclic) bond motifs is 2. The number of likely N-dealkylation sites (tertiary alicyclic amines) is 1. The lowest BCUT2D eigenvalue weighted by Crippen LogP contribution is -2.53. The van der Waals surface area contributed by atoms with E-state index in [1.165, 1.54) is 57.2 Å². The van der Waals surface area contributed by atoms with Crippen molar-refractivity contribution in [3.05, 3.63) is 70.0 Å². The fourth-order valence-electron chi connectivity index (χ4n) is 5.17. The fraction of sp³-hybridized carbons (Fsp3) is 0.269. The summed E-state index contributed by atoms with van der Waals surface area (Å²) in [5.74, 6) is -1.01. The molecule has 3 atom stereocenters. The summed E-state index contributed by atoms with van der Waals surface area (Å²) in [5, 5.41) is 5.67. The Kier molecular flexibility index (Phi) is 7.46. The van der Waals surface area contributed by atoms with Gasteiger partial charge in [-0.1, -0.05) is 17.4 Å². The van der Waals surface area contributed by atoms with Gasteiger partial charge in [0.15, 0.2) is 10.8 Å². The van der Waals surface area contributed by atoms with E-state index in [4.69, 9.17) is 4.74 Å². The van der Waals surface area contributed by atoms with Gasteiger partial charge in [-0.25, -0.2) is 13.2 Å². The zero-order chi connectivity index (χ0) is 28.7. The van der Waals surface area contributed by atoms with Gasteiger partial charge in [0, 0.05) is 45.7 Å². The Morgan fingerprint density at radius 3 is 2.71 bits per heavy atom. The van der Waals surface area contributed by atoms with Gasteiger partial charge < -0.3 is 15.0 Å². The van der Waals surface area contributed by atoms with Crippen LogP contribution in [0.4, 0.5) is 4.79 Å². The molecular formula is C26H22N4O7S4. The third-order valence-corrected chi connectivity index (χ3v) is 11.6. The van der Waals surface area contributed by atoms with Crippen LogP contribution in [0.1, 0.15) is 21.7 Å². The van der Waals surface area contributed by atoms with E-state index in [1.807, 2.05) is 29.0 Å². The minimum Gasteiger partial charge on any atom is -0.399 e. The quantitative estimate of drug-likeness (QED) is 0.328. The number of thiophene rings is 3. The summed E-state index contributed by atoms with van der Waals surface area (Å²) in [6, 6.07) is 7.12. The van der Waals surface area contributed by atoms with Crippen molar-refractivity contribution in [2.75, 3.05) is 13.1 Å². The number of ketones is 1. The summed E-state index contributed by atoms with van der Waals surface area (Å²) >= 11 is 4.25. The van der Waals surface area contributed by atoms with Crippen LogP contribution in [0.15, 0.2) is 59.6 Å². The number of nitrogens with zero attached hydrogens (tertiary/aromatic N) is 3. The topological polar surface area (TPSA) is 143 Å². The van der Waals surface area contributed by atoms with Crippen LogP contribution in [0.2, 0.25) is 0 Å². The van der Waals surface area contributed by atoms with Crippen LogP contribution in [-0.4, -0.2) is 76.7 Å². The van der Waals surface area contributed by atoms with Crippen LogP contribution in [-0.2, 0) is 26.0 Å². The first kappa shape index (κ1) is 27.7. The van der Waals surface area contributed by atoms with Crippen molar-refractivity contribution in [3.8, 4) is 5.06 Å². The normalized spacial score (nSPS) is 19.8. The van der Waals surface area contributed by atoms with Gasteiger partial charge in [0.2, 0.25) is 5.91 Å². The number of ether oxygens (including phenoxy) is 1. The van der Waals surface area contributed by atoms with Gasteiger partial charge in [0.25, 0.3) is 15.1 Å². The molecule has 0 aromatic carbocycles. The predicted molar refractivity (Wildman–Crippen MR) is 154 cm³/mol. The highest BCUT2D eigenvalue weighted by Gasteiger charge is 2.55. The summed E-state index contributed by atoms with van der Waals surface area (Å²) in [4.78, 5) is 58.6. The van der Waals surface area contributed by atoms with Gasteiger partial charge in [0.05, 0.1) is 18.2 Å². The third kappa shape index (κ3) is 5.30. The van der Waals surface area contributed by atoms with Gasteiger partial charge in [0.1, 0.15) is 12.1 Å². The lowest BCUT2D eigenvalue weighted by molar-refractivity contribution is -0.138. The maximum absolute atomic E-state index is 13.8. The van der Waals surface area contributed by atoms with Crippen molar-refractivity contribution >= 4 is 76.3 Å². The number of rotatable bonds is 7. The molecule has 2 fully saturated rings. The molecule has 1 N–H and O–H groups in total. The lowest BCUT2D eigenvalue weighted by Gasteiger charge is -2.27. The number of Topliss-reactive ketones (excluding diaryl/α,β-unsaturated/α-hetero) is 1. The molecule has 0 bridgehead atoms. The average molecular weight is 631 g/mol. The van der Waals surface area contributed by atoms with Gasteiger partial charge >= 0.3 is 6.09 Å². The minimum atomic E-state index is -4.54. The number of amides is 2. The second-order valence-electron chi connectivity index (χ2n) is 9.46. The van der Waals surface area contributed by atoms with Gasteiger partial charge in [-0.05, 0) is 41.4 Å². The molecule has 3 unspecified atom stereocenters. The summed E-state index contributed by atoms with van der Waals surface area (Å²) in [5.41, 5.74) is -0.112. The number of carbonyl (C=O) groups is 4. The number of hydrogen-bond acceptors (Lipinski definition) is 11. The Morgan fingerprint density at radius 1 is 1.12 bits per heavy atom. The average Bonchev–Trinajstić information content (AvgIpc) is 3.77. The Labute approximate surface area is 246 Å². The van der Waals surface area contributed by atoms with E-state index in [-0.39, 0.29) is 24.9 Å². The summed E-state index contributed by atoms with van der Waals surface area (Å²) in [6.45, 7) is -0.431. The molecule has 15 heteroatoms. The van der Waals surface area contributed by atoms with Gasteiger partial charge in [-0.2, -0.15) is 4.31 Å². The third-order valence-electron chi connectivity index (χ3n) is 6.99. The molecule has 6 heterocycles. The van der Waals surface area contributed by atoms with Crippen LogP contribution in [0.5, 0.6) is 5.06 Å². The van der Waals surface area contributed by atoms with Crippen molar-refractivity contribution < 1.29 is 32.3 Å². The van der Waals surface area contributed by atoms with Crippen LogP contribution >= 0.6 is 34.0 Å². The number of pyridine rings is 1. The molecule has 4 aromatic heterocycles. The number of aromatic nitrogens is 1. The molecule has 0 spiro atoms. The Balaban J connectivity index is 1.20. The molecule has 11 nitrogen and oxygen atoms in total. The molecule has 41 heavy (non-hydrogen) atoms. The Morgan fingerprint density at radius 2 is 1.98 bits per heavy atom. The largest absolute Gasteiger partial charge is 0.414 e. The van der Waals surface area contributed by atoms with Crippen molar-refractivity contribution in [2.24, 2.45) is 0 Å². The van der Waals surface area contributed by atoms with E-state index in [2.05, 4.69) is 10.3 Å². The van der Waals surface area contributed by atoms with Crippen LogP contribution < -0.4 is 10.1 Å². The van der Waals surface area contributed by atoms with E-state index in [0.29, 0.717) is 5.06 Å². The van der Waals surface area contributed by atoms with Crippen molar-refractivity contribution in [1.29, 1.82) is 0 Å². The van der Waals surface area contributed by atoms with E-state index >= 15 is 0 Å².